The van der Waals surface area contributed by atoms with Crippen molar-refractivity contribution in [3.63, 3.8) is 0 Å². The van der Waals surface area contributed by atoms with Crippen LogP contribution in [0.25, 0.3) is 0 Å². The molecule has 2 N–H and O–H groups in total. The van der Waals surface area contributed by atoms with E-state index in [1.54, 1.807) is 14.2 Å². The first-order valence-corrected chi connectivity index (χ1v) is 8.94. The highest BCUT2D eigenvalue weighted by molar-refractivity contribution is 5.59. The molecular formula is C21H24N4O3. The minimum atomic E-state index is 0.488. The van der Waals surface area contributed by atoms with Crippen LogP contribution in [0.15, 0.2) is 54.6 Å². The molecule has 1 heterocycles. The van der Waals surface area contributed by atoms with Gasteiger partial charge in [0.25, 0.3) is 0 Å². The van der Waals surface area contributed by atoms with Gasteiger partial charge in [-0.15, -0.1) is 0 Å². The van der Waals surface area contributed by atoms with E-state index in [2.05, 4.69) is 20.6 Å². The Labute approximate surface area is 164 Å². The lowest BCUT2D eigenvalue weighted by molar-refractivity contribution is 0.331. The predicted molar refractivity (Wildman–Crippen MR) is 110 cm³/mol. The lowest BCUT2D eigenvalue weighted by Gasteiger charge is -2.11. The Morgan fingerprint density at radius 1 is 0.857 bits per heavy atom. The van der Waals surface area contributed by atoms with Gasteiger partial charge in [0.2, 0.25) is 5.95 Å². The van der Waals surface area contributed by atoms with Crippen LogP contribution in [0.3, 0.4) is 0 Å². The van der Waals surface area contributed by atoms with Gasteiger partial charge in [-0.1, -0.05) is 6.07 Å². The van der Waals surface area contributed by atoms with Crippen LogP contribution in [0.5, 0.6) is 17.2 Å². The minimum Gasteiger partial charge on any atom is -0.497 e. The van der Waals surface area contributed by atoms with Gasteiger partial charge in [0.1, 0.15) is 29.7 Å². The van der Waals surface area contributed by atoms with Gasteiger partial charge in [0.15, 0.2) is 0 Å². The van der Waals surface area contributed by atoms with E-state index in [-0.39, 0.29) is 0 Å². The minimum absolute atomic E-state index is 0.488. The number of ether oxygens (including phenoxy) is 3. The van der Waals surface area contributed by atoms with E-state index in [1.165, 1.54) is 0 Å². The SMILES string of the molecule is COc1ccc(OCCNc2nc(C)cc(Nc3cccc(OC)c3)n2)cc1. The fourth-order valence-electron chi connectivity index (χ4n) is 2.56. The zero-order chi connectivity index (χ0) is 19.8. The Bertz CT molecular complexity index is 900. The van der Waals surface area contributed by atoms with Crippen molar-refractivity contribution in [1.82, 2.24) is 9.97 Å². The average Bonchev–Trinajstić information content (AvgIpc) is 2.71. The normalized spacial score (nSPS) is 10.2. The summed E-state index contributed by atoms with van der Waals surface area (Å²) in [5.74, 6) is 3.62. The van der Waals surface area contributed by atoms with Gasteiger partial charge >= 0.3 is 0 Å². The Morgan fingerprint density at radius 3 is 2.36 bits per heavy atom. The molecule has 0 fully saturated rings. The second-order valence-corrected chi connectivity index (χ2v) is 6.03. The van der Waals surface area contributed by atoms with E-state index in [9.17, 15) is 0 Å². The number of nitrogens with zero attached hydrogens (tertiary/aromatic N) is 2. The first kappa shape index (κ1) is 19.3. The maximum Gasteiger partial charge on any atom is 0.224 e. The largest absolute Gasteiger partial charge is 0.497 e. The van der Waals surface area contributed by atoms with Crippen molar-refractivity contribution < 1.29 is 14.2 Å². The lowest BCUT2D eigenvalue weighted by Crippen LogP contribution is -2.14. The molecule has 1 aromatic heterocycles. The summed E-state index contributed by atoms with van der Waals surface area (Å²) in [6.07, 6.45) is 0. The molecule has 28 heavy (non-hydrogen) atoms. The average molecular weight is 380 g/mol. The molecule has 3 rings (SSSR count). The highest BCUT2D eigenvalue weighted by Gasteiger charge is 2.04. The highest BCUT2D eigenvalue weighted by atomic mass is 16.5. The summed E-state index contributed by atoms with van der Waals surface area (Å²) < 4.78 is 16.1. The van der Waals surface area contributed by atoms with Crippen LogP contribution in [-0.4, -0.2) is 37.3 Å². The molecule has 0 spiro atoms. The fraction of sp³-hybridized carbons (Fsp3) is 0.238. The maximum atomic E-state index is 5.71. The van der Waals surface area contributed by atoms with Crippen molar-refractivity contribution in [2.24, 2.45) is 0 Å². The molecule has 0 amide bonds. The molecule has 3 aromatic rings. The first-order valence-electron chi connectivity index (χ1n) is 8.94. The summed E-state index contributed by atoms with van der Waals surface area (Å²) in [4.78, 5) is 8.92. The molecular weight excluding hydrogens is 356 g/mol. The van der Waals surface area contributed by atoms with Gasteiger partial charge in [-0.05, 0) is 43.3 Å². The van der Waals surface area contributed by atoms with Crippen LogP contribution in [0, 0.1) is 6.92 Å². The summed E-state index contributed by atoms with van der Waals surface area (Å²) in [5.41, 5.74) is 1.75. The summed E-state index contributed by atoms with van der Waals surface area (Å²) in [7, 11) is 3.28. The van der Waals surface area contributed by atoms with Crippen molar-refractivity contribution in [3.8, 4) is 17.2 Å². The van der Waals surface area contributed by atoms with E-state index in [1.807, 2.05) is 61.5 Å². The molecule has 0 bridgehead atoms. The van der Waals surface area contributed by atoms with Crippen molar-refractivity contribution in [2.75, 3.05) is 38.0 Å². The van der Waals surface area contributed by atoms with E-state index in [0.29, 0.717) is 24.9 Å². The quantitative estimate of drug-likeness (QED) is 0.543. The molecule has 2 aromatic carbocycles. The van der Waals surface area contributed by atoms with Gasteiger partial charge in [0.05, 0.1) is 20.8 Å². The highest BCUT2D eigenvalue weighted by Crippen LogP contribution is 2.21. The van der Waals surface area contributed by atoms with Crippen LogP contribution < -0.4 is 24.8 Å². The topological polar surface area (TPSA) is 77.5 Å². The zero-order valence-electron chi connectivity index (χ0n) is 16.2. The number of benzene rings is 2. The number of rotatable bonds is 9. The Kier molecular flexibility index (Phi) is 6.51. The predicted octanol–water partition coefficient (Wildman–Crippen LogP) is 4.04. The van der Waals surface area contributed by atoms with Gasteiger partial charge in [-0.25, -0.2) is 4.98 Å². The first-order chi connectivity index (χ1) is 13.7. The lowest BCUT2D eigenvalue weighted by atomic mass is 10.3. The number of anilines is 3. The molecule has 146 valence electrons. The van der Waals surface area contributed by atoms with Gasteiger partial charge < -0.3 is 24.8 Å². The number of hydrogen-bond donors (Lipinski definition) is 2. The molecule has 0 aliphatic carbocycles. The molecule has 7 heteroatoms. The van der Waals surface area contributed by atoms with Crippen molar-refractivity contribution >= 4 is 17.5 Å². The molecule has 0 aliphatic rings. The monoisotopic (exact) mass is 380 g/mol. The summed E-state index contributed by atoms with van der Waals surface area (Å²) >= 11 is 0. The smallest absolute Gasteiger partial charge is 0.224 e. The summed E-state index contributed by atoms with van der Waals surface area (Å²) in [6, 6.07) is 17.0. The third-order valence-corrected chi connectivity index (χ3v) is 3.91. The van der Waals surface area contributed by atoms with Crippen molar-refractivity contribution in [2.45, 2.75) is 6.92 Å². The molecule has 0 radical (unpaired) electrons. The molecule has 0 aliphatic heterocycles. The Hall–Kier alpha value is -3.48. The van der Waals surface area contributed by atoms with Gasteiger partial charge in [0, 0.05) is 23.5 Å². The number of methoxy groups -OCH3 is 2. The van der Waals surface area contributed by atoms with E-state index in [4.69, 9.17) is 14.2 Å². The Balaban J connectivity index is 1.55. The third-order valence-electron chi connectivity index (χ3n) is 3.91. The molecule has 0 saturated heterocycles. The van der Waals surface area contributed by atoms with Crippen LogP contribution in [0.4, 0.5) is 17.5 Å². The number of aromatic nitrogens is 2. The van der Waals surface area contributed by atoms with Crippen molar-refractivity contribution in [3.05, 3.63) is 60.3 Å². The number of nitrogens with one attached hydrogen (secondary N) is 2. The van der Waals surface area contributed by atoms with E-state index in [0.717, 1.165) is 28.6 Å². The summed E-state index contributed by atoms with van der Waals surface area (Å²) in [6.45, 7) is 2.99. The Morgan fingerprint density at radius 2 is 1.61 bits per heavy atom. The number of hydrogen-bond acceptors (Lipinski definition) is 7. The molecule has 0 saturated carbocycles. The molecule has 0 unspecified atom stereocenters. The molecule has 0 atom stereocenters. The third kappa shape index (κ3) is 5.51. The van der Waals surface area contributed by atoms with Crippen LogP contribution >= 0.6 is 0 Å². The summed E-state index contributed by atoms with van der Waals surface area (Å²) in [5, 5.41) is 6.46. The second kappa shape index (κ2) is 9.45. The second-order valence-electron chi connectivity index (χ2n) is 6.03. The zero-order valence-corrected chi connectivity index (χ0v) is 16.2. The standard InChI is InChI=1S/C21H24N4O3/c1-15-13-20(24-16-5-4-6-19(14-16)27-3)25-21(23-15)22-11-12-28-18-9-7-17(26-2)8-10-18/h4-10,13-14H,11-12H2,1-3H3,(H2,22,23,24,25). The fourth-order valence-corrected chi connectivity index (χ4v) is 2.56. The van der Waals surface area contributed by atoms with Crippen LogP contribution in [-0.2, 0) is 0 Å². The van der Waals surface area contributed by atoms with Crippen molar-refractivity contribution in [1.29, 1.82) is 0 Å². The van der Waals surface area contributed by atoms with Crippen LogP contribution in [0.2, 0.25) is 0 Å². The van der Waals surface area contributed by atoms with Crippen LogP contribution in [0.1, 0.15) is 5.69 Å². The van der Waals surface area contributed by atoms with Gasteiger partial charge in [-0.3, -0.25) is 0 Å². The maximum absolute atomic E-state index is 5.71. The van der Waals surface area contributed by atoms with Gasteiger partial charge in [-0.2, -0.15) is 4.98 Å². The van der Waals surface area contributed by atoms with E-state index < -0.39 is 0 Å². The number of aryl methyl sites for hydroxylation is 1. The van der Waals surface area contributed by atoms with E-state index >= 15 is 0 Å². The molecule has 7 nitrogen and oxygen atoms in total.